The lowest BCUT2D eigenvalue weighted by Crippen LogP contribution is -1.83. The Bertz CT molecular complexity index is 160. The Labute approximate surface area is 56.0 Å². The van der Waals surface area contributed by atoms with Crippen LogP contribution < -0.4 is 0 Å². The molecule has 0 aliphatic rings. The molecule has 1 N–H and O–H groups in total. The lowest BCUT2D eigenvalue weighted by Gasteiger charge is -2.06. The first kappa shape index (κ1) is 8.93. The van der Waals surface area contributed by atoms with Gasteiger partial charge in [-0.1, -0.05) is 13.0 Å². The van der Waals surface area contributed by atoms with Gasteiger partial charge in [-0.25, -0.2) is 0 Å². The van der Waals surface area contributed by atoms with Gasteiger partial charge >= 0.3 is 0 Å². The predicted octanol–water partition coefficient (Wildman–Crippen LogP) is 2.20. The Kier molecular flexibility index (Phi) is 3.16. The highest BCUT2D eigenvalue weighted by atomic mass is 31.2. The van der Waals surface area contributed by atoms with Crippen molar-refractivity contribution in [2.45, 2.75) is 20.8 Å². The van der Waals surface area contributed by atoms with Crippen molar-refractivity contribution >= 4 is 7.37 Å². The number of hydrogen-bond acceptors (Lipinski definition) is 1. The van der Waals surface area contributed by atoms with Crippen molar-refractivity contribution < 1.29 is 9.46 Å². The van der Waals surface area contributed by atoms with Gasteiger partial charge in [-0.05, 0) is 13.8 Å². The molecule has 2 nitrogen and oxygen atoms in total. The molecule has 0 aliphatic carbocycles. The highest BCUT2D eigenvalue weighted by Crippen LogP contribution is 2.48. The van der Waals surface area contributed by atoms with Crippen LogP contribution >= 0.6 is 7.37 Å². The van der Waals surface area contributed by atoms with E-state index in [4.69, 9.17) is 4.89 Å². The molecule has 0 aromatic heterocycles. The summed E-state index contributed by atoms with van der Waals surface area (Å²) in [5.74, 6) is 0. The minimum Gasteiger partial charge on any atom is -0.341 e. The fourth-order valence-corrected chi connectivity index (χ4v) is 1.35. The van der Waals surface area contributed by atoms with Crippen LogP contribution in [0.5, 0.6) is 0 Å². The lowest BCUT2D eigenvalue weighted by atomic mass is 10.6. The summed E-state index contributed by atoms with van der Waals surface area (Å²) in [4.78, 5) is 9.08. The molecule has 0 spiro atoms. The van der Waals surface area contributed by atoms with Crippen LogP contribution in [0.3, 0.4) is 0 Å². The molecule has 1 unspecified atom stereocenters. The van der Waals surface area contributed by atoms with Gasteiger partial charge in [-0.2, -0.15) is 0 Å². The third-order valence-corrected chi connectivity index (χ3v) is 3.62. The second kappa shape index (κ2) is 3.19. The summed E-state index contributed by atoms with van der Waals surface area (Å²) in [6.07, 6.45) is 2.02. The highest BCUT2D eigenvalue weighted by molar-refractivity contribution is 7.62. The van der Waals surface area contributed by atoms with E-state index >= 15 is 0 Å². The van der Waals surface area contributed by atoms with E-state index in [1.54, 1.807) is 26.8 Å². The molecule has 0 heterocycles. The van der Waals surface area contributed by atoms with Gasteiger partial charge in [0.1, 0.15) is 0 Å². The summed E-state index contributed by atoms with van der Waals surface area (Å²) >= 11 is 0. The minimum atomic E-state index is -2.90. The van der Waals surface area contributed by atoms with Crippen LogP contribution in [-0.4, -0.2) is 11.1 Å². The SMILES string of the molecule is CC=C(C)P(=O)(O)CC. The van der Waals surface area contributed by atoms with E-state index < -0.39 is 7.37 Å². The molecule has 0 amide bonds. The van der Waals surface area contributed by atoms with Gasteiger partial charge in [0.15, 0.2) is 0 Å². The third-order valence-electron chi connectivity index (χ3n) is 1.40. The predicted molar refractivity (Wildman–Crippen MR) is 39.8 cm³/mol. The molecule has 0 fully saturated rings. The second-order valence-electron chi connectivity index (χ2n) is 1.95. The molecule has 3 heteroatoms. The maximum Gasteiger partial charge on any atom is 0.224 e. The second-order valence-corrected chi connectivity index (χ2v) is 4.69. The number of rotatable bonds is 2. The molecule has 1 atom stereocenters. The zero-order valence-corrected chi connectivity index (χ0v) is 6.98. The van der Waals surface area contributed by atoms with Gasteiger partial charge in [0, 0.05) is 11.5 Å². The van der Waals surface area contributed by atoms with E-state index in [0.717, 1.165) is 0 Å². The van der Waals surface area contributed by atoms with Gasteiger partial charge < -0.3 is 4.89 Å². The summed E-state index contributed by atoms with van der Waals surface area (Å²) in [7, 11) is -2.90. The molecule has 0 aromatic carbocycles. The van der Waals surface area contributed by atoms with Crippen LogP contribution in [0.1, 0.15) is 20.8 Å². The maximum absolute atomic E-state index is 11.0. The lowest BCUT2D eigenvalue weighted by molar-refractivity contribution is 0.487. The molecule has 9 heavy (non-hydrogen) atoms. The average Bonchev–Trinajstić information content (AvgIpc) is 1.86. The smallest absolute Gasteiger partial charge is 0.224 e. The van der Waals surface area contributed by atoms with E-state index in [1.807, 2.05) is 0 Å². The molecule has 0 radical (unpaired) electrons. The van der Waals surface area contributed by atoms with Crippen LogP contribution in [0.4, 0.5) is 0 Å². The van der Waals surface area contributed by atoms with Crippen molar-refractivity contribution in [3.8, 4) is 0 Å². The van der Waals surface area contributed by atoms with Crippen LogP contribution in [0.2, 0.25) is 0 Å². The first-order valence-corrected chi connectivity index (χ1v) is 4.84. The zero-order chi connectivity index (χ0) is 7.49. The molecule has 0 rings (SSSR count). The Hall–Kier alpha value is -0.0700. The van der Waals surface area contributed by atoms with Crippen molar-refractivity contribution in [1.29, 1.82) is 0 Å². The minimum absolute atomic E-state index is 0.336. The fraction of sp³-hybridized carbons (Fsp3) is 0.667. The standard InChI is InChI=1S/C6H13O2P/c1-4-6(3)9(7,8)5-2/h4H,5H2,1-3H3,(H,7,8). The molecular weight excluding hydrogens is 135 g/mol. The fourth-order valence-electron chi connectivity index (χ4n) is 0.451. The maximum atomic E-state index is 11.0. The number of allylic oxidation sites excluding steroid dienone is 2. The Morgan fingerprint density at radius 2 is 2.22 bits per heavy atom. The highest BCUT2D eigenvalue weighted by Gasteiger charge is 2.15. The quantitative estimate of drug-likeness (QED) is 0.609. The van der Waals surface area contributed by atoms with Gasteiger partial charge in [0.2, 0.25) is 7.37 Å². The van der Waals surface area contributed by atoms with Gasteiger partial charge in [0.25, 0.3) is 0 Å². The molecular formula is C6H13O2P. The molecule has 0 aliphatic heterocycles. The van der Waals surface area contributed by atoms with Crippen molar-refractivity contribution in [1.82, 2.24) is 0 Å². The molecule has 0 bridgehead atoms. The average molecular weight is 148 g/mol. The van der Waals surface area contributed by atoms with Crippen LogP contribution in [0, 0.1) is 0 Å². The van der Waals surface area contributed by atoms with Crippen LogP contribution in [0.25, 0.3) is 0 Å². The van der Waals surface area contributed by atoms with Crippen molar-refractivity contribution in [3.05, 3.63) is 11.4 Å². The van der Waals surface area contributed by atoms with E-state index in [0.29, 0.717) is 11.5 Å². The van der Waals surface area contributed by atoms with E-state index in [-0.39, 0.29) is 0 Å². The zero-order valence-electron chi connectivity index (χ0n) is 6.09. The van der Waals surface area contributed by atoms with Crippen molar-refractivity contribution in [3.63, 3.8) is 0 Å². The first-order chi connectivity index (χ1) is 4.04. The topological polar surface area (TPSA) is 37.3 Å². The van der Waals surface area contributed by atoms with Gasteiger partial charge in [0.05, 0.1) is 0 Å². The van der Waals surface area contributed by atoms with E-state index in [9.17, 15) is 4.57 Å². The van der Waals surface area contributed by atoms with E-state index in [1.165, 1.54) is 0 Å². The van der Waals surface area contributed by atoms with E-state index in [2.05, 4.69) is 0 Å². The van der Waals surface area contributed by atoms with Crippen molar-refractivity contribution in [2.24, 2.45) is 0 Å². The largest absolute Gasteiger partial charge is 0.341 e. The first-order valence-electron chi connectivity index (χ1n) is 3.00. The molecule has 54 valence electrons. The monoisotopic (exact) mass is 148 g/mol. The summed E-state index contributed by atoms with van der Waals surface area (Å²) in [6, 6.07) is 0. The van der Waals surface area contributed by atoms with Crippen molar-refractivity contribution in [2.75, 3.05) is 6.16 Å². The van der Waals surface area contributed by atoms with Gasteiger partial charge in [-0.15, -0.1) is 0 Å². The van der Waals surface area contributed by atoms with Crippen LogP contribution in [0.15, 0.2) is 11.4 Å². The normalized spacial score (nSPS) is 19.3. The third kappa shape index (κ3) is 2.33. The summed E-state index contributed by atoms with van der Waals surface area (Å²) in [5.41, 5.74) is 0. The molecule has 0 aromatic rings. The molecule has 0 saturated heterocycles. The Balaban J connectivity index is 4.35. The molecule has 0 saturated carbocycles. The Morgan fingerprint density at radius 3 is 2.33 bits per heavy atom. The van der Waals surface area contributed by atoms with Crippen LogP contribution in [-0.2, 0) is 4.57 Å². The van der Waals surface area contributed by atoms with Gasteiger partial charge in [-0.3, -0.25) is 4.57 Å². The number of hydrogen-bond donors (Lipinski definition) is 1. The summed E-state index contributed by atoms with van der Waals surface area (Å²) in [6.45, 7) is 5.17. The summed E-state index contributed by atoms with van der Waals surface area (Å²) in [5, 5.41) is 0.602. The Morgan fingerprint density at radius 1 is 1.78 bits per heavy atom. The summed E-state index contributed by atoms with van der Waals surface area (Å²) < 4.78 is 11.0.